The predicted molar refractivity (Wildman–Crippen MR) is 75.3 cm³/mol. The highest BCUT2D eigenvalue weighted by Crippen LogP contribution is 2.23. The maximum absolute atomic E-state index is 12.6. The van der Waals surface area contributed by atoms with E-state index in [1.807, 2.05) is 49.4 Å². The van der Waals surface area contributed by atoms with Gasteiger partial charge in [0.15, 0.2) is 0 Å². The van der Waals surface area contributed by atoms with Gasteiger partial charge in [-0.2, -0.15) is 0 Å². The molecule has 1 unspecified atom stereocenters. The van der Waals surface area contributed by atoms with Crippen LogP contribution in [0.3, 0.4) is 0 Å². The van der Waals surface area contributed by atoms with Crippen LogP contribution in [0, 0.1) is 6.92 Å². The standard InChI is InChI=1S/C15H17OP/c1-3-13-9-5-7-11-15(13)17(16)14-10-6-4-8-12(14)2/h4-11,17H,3H2,1-2H3. The average molecular weight is 244 g/mol. The largest absolute Gasteiger partial charge is 0.317 e. The van der Waals surface area contributed by atoms with Gasteiger partial charge in [0.05, 0.1) is 0 Å². The summed E-state index contributed by atoms with van der Waals surface area (Å²) < 4.78 is 12.6. The minimum atomic E-state index is -1.87. The third kappa shape index (κ3) is 2.50. The van der Waals surface area contributed by atoms with Crippen molar-refractivity contribution in [3.05, 3.63) is 59.7 Å². The van der Waals surface area contributed by atoms with Crippen molar-refractivity contribution in [2.75, 3.05) is 0 Å². The van der Waals surface area contributed by atoms with E-state index in [2.05, 4.69) is 13.0 Å². The first-order valence-corrected chi connectivity index (χ1v) is 7.33. The second kappa shape index (κ2) is 5.33. The summed E-state index contributed by atoms with van der Waals surface area (Å²) in [5.74, 6) is 0. The van der Waals surface area contributed by atoms with Gasteiger partial charge in [-0.25, -0.2) is 0 Å². The van der Waals surface area contributed by atoms with Gasteiger partial charge in [0.2, 0.25) is 0 Å². The highest BCUT2D eigenvalue weighted by molar-refractivity contribution is 7.61. The first-order valence-electron chi connectivity index (χ1n) is 5.92. The zero-order chi connectivity index (χ0) is 12.3. The maximum atomic E-state index is 12.6. The van der Waals surface area contributed by atoms with Crippen LogP contribution >= 0.6 is 7.80 Å². The summed E-state index contributed by atoms with van der Waals surface area (Å²) in [6, 6.07) is 16.0. The molecule has 0 aliphatic heterocycles. The Bertz CT molecular complexity index is 546. The molecule has 1 nitrogen and oxygen atoms in total. The third-order valence-corrected chi connectivity index (χ3v) is 5.06. The lowest BCUT2D eigenvalue weighted by molar-refractivity contribution is 0.598. The Morgan fingerprint density at radius 1 is 0.941 bits per heavy atom. The number of benzene rings is 2. The molecule has 1 atom stereocenters. The number of aryl methyl sites for hydroxylation is 2. The molecule has 0 spiro atoms. The van der Waals surface area contributed by atoms with Crippen molar-refractivity contribution < 1.29 is 4.57 Å². The summed E-state index contributed by atoms with van der Waals surface area (Å²) in [7, 11) is -1.87. The van der Waals surface area contributed by atoms with Crippen LogP contribution in [0.2, 0.25) is 0 Å². The van der Waals surface area contributed by atoms with E-state index in [9.17, 15) is 4.57 Å². The summed E-state index contributed by atoms with van der Waals surface area (Å²) in [6.07, 6.45) is 0.929. The van der Waals surface area contributed by atoms with E-state index in [0.717, 1.165) is 22.6 Å². The van der Waals surface area contributed by atoms with E-state index in [1.165, 1.54) is 5.56 Å². The van der Waals surface area contributed by atoms with Gasteiger partial charge in [-0.3, -0.25) is 0 Å². The summed E-state index contributed by atoms with van der Waals surface area (Å²) in [6.45, 7) is 4.12. The SMILES string of the molecule is CCc1ccccc1[PH](=O)c1ccccc1C. The van der Waals surface area contributed by atoms with E-state index in [0.29, 0.717) is 0 Å². The van der Waals surface area contributed by atoms with E-state index in [1.54, 1.807) is 0 Å². The van der Waals surface area contributed by atoms with Crippen LogP contribution in [0.25, 0.3) is 0 Å². The Balaban J connectivity index is 2.48. The second-order valence-electron chi connectivity index (χ2n) is 4.15. The van der Waals surface area contributed by atoms with Crippen LogP contribution < -0.4 is 10.6 Å². The fraction of sp³-hybridized carbons (Fsp3) is 0.200. The number of hydrogen-bond donors (Lipinski definition) is 0. The van der Waals surface area contributed by atoms with Crippen molar-refractivity contribution in [3.8, 4) is 0 Å². The molecule has 17 heavy (non-hydrogen) atoms. The zero-order valence-electron chi connectivity index (χ0n) is 10.2. The van der Waals surface area contributed by atoms with E-state index in [-0.39, 0.29) is 0 Å². The lowest BCUT2D eigenvalue weighted by Gasteiger charge is -2.09. The fourth-order valence-corrected chi connectivity index (χ4v) is 3.80. The minimum Gasteiger partial charge on any atom is -0.317 e. The first-order chi connectivity index (χ1) is 8.24. The molecular weight excluding hydrogens is 227 g/mol. The molecule has 0 heterocycles. The van der Waals surface area contributed by atoms with E-state index in [4.69, 9.17) is 0 Å². The number of hydrogen-bond acceptors (Lipinski definition) is 1. The lowest BCUT2D eigenvalue weighted by Crippen LogP contribution is -2.13. The van der Waals surface area contributed by atoms with Crippen LogP contribution in [0.4, 0.5) is 0 Å². The van der Waals surface area contributed by atoms with Crippen molar-refractivity contribution >= 4 is 18.4 Å². The molecule has 0 aliphatic rings. The molecule has 2 aromatic rings. The van der Waals surface area contributed by atoms with Gasteiger partial charge in [-0.05, 0) is 24.5 Å². The highest BCUT2D eigenvalue weighted by atomic mass is 31.1. The van der Waals surface area contributed by atoms with Gasteiger partial charge in [-0.1, -0.05) is 55.5 Å². The van der Waals surface area contributed by atoms with Crippen molar-refractivity contribution in [2.45, 2.75) is 20.3 Å². The molecule has 0 bridgehead atoms. The Labute approximate surface area is 103 Å². The molecule has 88 valence electrons. The molecule has 0 aromatic heterocycles. The van der Waals surface area contributed by atoms with Crippen molar-refractivity contribution in [1.29, 1.82) is 0 Å². The smallest absolute Gasteiger partial charge is 0.132 e. The molecule has 0 amide bonds. The minimum absolute atomic E-state index is 0.929. The van der Waals surface area contributed by atoms with Crippen molar-refractivity contribution in [3.63, 3.8) is 0 Å². The van der Waals surface area contributed by atoms with Gasteiger partial charge in [-0.15, -0.1) is 0 Å². The maximum Gasteiger partial charge on any atom is 0.132 e. The number of rotatable bonds is 3. The quantitative estimate of drug-likeness (QED) is 0.758. The average Bonchev–Trinajstić information content (AvgIpc) is 2.38. The fourth-order valence-electron chi connectivity index (χ4n) is 2.02. The van der Waals surface area contributed by atoms with E-state index < -0.39 is 7.80 Å². The summed E-state index contributed by atoms with van der Waals surface area (Å²) in [4.78, 5) is 0. The Morgan fingerprint density at radius 3 is 2.18 bits per heavy atom. The first kappa shape index (κ1) is 12.1. The normalized spacial score (nSPS) is 12.4. The van der Waals surface area contributed by atoms with E-state index >= 15 is 0 Å². The molecule has 0 saturated carbocycles. The summed E-state index contributed by atoms with van der Waals surface area (Å²) >= 11 is 0. The summed E-state index contributed by atoms with van der Waals surface area (Å²) in [5, 5.41) is 1.99. The van der Waals surface area contributed by atoms with Crippen LogP contribution in [-0.4, -0.2) is 0 Å². The molecule has 0 fully saturated rings. The monoisotopic (exact) mass is 244 g/mol. The molecule has 0 radical (unpaired) electrons. The molecule has 0 N–H and O–H groups in total. The molecule has 2 heteroatoms. The molecule has 0 aliphatic carbocycles. The molecule has 0 saturated heterocycles. The Morgan fingerprint density at radius 2 is 1.53 bits per heavy atom. The van der Waals surface area contributed by atoms with Gasteiger partial charge >= 0.3 is 0 Å². The molecule has 2 aromatic carbocycles. The van der Waals surface area contributed by atoms with Crippen LogP contribution in [0.15, 0.2) is 48.5 Å². The Kier molecular flexibility index (Phi) is 3.81. The zero-order valence-corrected chi connectivity index (χ0v) is 11.2. The van der Waals surface area contributed by atoms with Crippen LogP contribution in [0.5, 0.6) is 0 Å². The van der Waals surface area contributed by atoms with Gasteiger partial charge in [0.1, 0.15) is 7.80 Å². The Hall–Kier alpha value is -1.33. The van der Waals surface area contributed by atoms with Gasteiger partial charge < -0.3 is 4.57 Å². The van der Waals surface area contributed by atoms with Crippen molar-refractivity contribution in [1.82, 2.24) is 0 Å². The summed E-state index contributed by atoms with van der Waals surface area (Å²) in [5.41, 5.74) is 2.31. The predicted octanol–water partition coefficient (Wildman–Crippen LogP) is 3.07. The topological polar surface area (TPSA) is 17.1 Å². The molecular formula is C15H17OP. The van der Waals surface area contributed by atoms with Crippen LogP contribution in [0.1, 0.15) is 18.1 Å². The highest BCUT2D eigenvalue weighted by Gasteiger charge is 2.11. The van der Waals surface area contributed by atoms with Gasteiger partial charge in [0.25, 0.3) is 0 Å². The third-order valence-electron chi connectivity index (χ3n) is 3.03. The van der Waals surface area contributed by atoms with Crippen molar-refractivity contribution in [2.24, 2.45) is 0 Å². The van der Waals surface area contributed by atoms with Gasteiger partial charge in [0, 0.05) is 10.6 Å². The van der Waals surface area contributed by atoms with Crippen LogP contribution in [-0.2, 0) is 11.0 Å². The molecule has 2 rings (SSSR count). The second-order valence-corrected chi connectivity index (χ2v) is 5.89. The lowest BCUT2D eigenvalue weighted by atomic mass is 10.2.